The second-order valence-electron chi connectivity index (χ2n) is 24.9. The van der Waals surface area contributed by atoms with Gasteiger partial charge in [-0.2, -0.15) is 5.10 Å². The molecule has 380 valence electrons. The third kappa shape index (κ3) is 8.36. The number of nitrogens with one attached hydrogen (secondary N) is 2. The number of para-hydroxylation sites is 3. The average Bonchev–Trinajstić information content (AvgIpc) is 3.86. The molecule has 13 atom stereocenters. The van der Waals surface area contributed by atoms with E-state index < -0.39 is 5.69 Å². The minimum absolute atomic E-state index is 0.258. The first-order valence-corrected chi connectivity index (χ1v) is 29.1. The van der Waals surface area contributed by atoms with Crippen molar-refractivity contribution in [1.82, 2.24) is 48.7 Å². The Morgan fingerprint density at radius 1 is 0.569 bits per heavy atom. The van der Waals surface area contributed by atoms with Crippen LogP contribution < -0.4 is 11.2 Å². The zero-order valence-corrected chi connectivity index (χ0v) is 43.2. The highest BCUT2D eigenvalue weighted by Crippen LogP contribution is 2.52. The number of aromatic amines is 2. The van der Waals surface area contributed by atoms with E-state index in [0.717, 1.165) is 77.9 Å². The Hall–Kier alpha value is -4.52. The number of aromatic nitrogens is 8. The molecule has 4 saturated carbocycles. The van der Waals surface area contributed by atoms with Crippen molar-refractivity contribution in [3.63, 3.8) is 0 Å². The summed E-state index contributed by atoms with van der Waals surface area (Å²) in [6.07, 6.45) is 31.6. The highest BCUT2D eigenvalue weighted by atomic mass is 35.5. The number of nitrogens with zero attached hydrogens (tertiary/aromatic N) is 8. The third-order valence-corrected chi connectivity index (χ3v) is 20.7. The van der Waals surface area contributed by atoms with Crippen molar-refractivity contribution in [2.24, 2.45) is 36.6 Å². The first-order valence-electron chi connectivity index (χ1n) is 28.8. The van der Waals surface area contributed by atoms with E-state index >= 15 is 0 Å². The Balaban J connectivity index is 0.750. The number of hydrogen-bond donors (Lipinski definition) is 2. The fourth-order valence-corrected chi connectivity index (χ4v) is 18.1. The van der Waals surface area contributed by atoms with Crippen LogP contribution >= 0.6 is 11.6 Å². The molecule has 8 bridgehead atoms. The molecule has 2 aromatic carbocycles. The Morgan fingerprint density at radius 2 is 1.24 bits per heavy atom. The quantitative estimate of drug-likeness (QED) is 0.163. The van der Waals surface area contributed by atoms with E-state index in [0.29, 0.717) is 58.7 Å². The minimum atomic E-state index is -0.467. The van der Waals surface area contributed by atoms with Crippen molar-refractivity contribution in [2.45, 2.75) is 196 Å². The lowest BCUT2D eigenvalue weighted by Crippen LogP contribution is -2.58. The number of benzene rings is 2. The van der Waals surface area contributed by atoms with E-state index in [4.69, 9.17) is 26.7 Å². The normalized spacial score (nSPS) is 34.4. The van der Waals surface area contributed by atoms with Crippen LogP contribution in [-0.4, -0.2) is 85.4 Å². The summed E-state index contributed by atoms with van der Waals surface area (Å²) >= 11 is 6.87. The molecule has 13 heteroatoms. The fraction of sp³-hybridized carbons (Fsp3) is 0.644. The molecule has 12 nitrogen and oxygen atoms in total. The summed E-state index contributed by atoms with van der Waals surface area (Å²) in [7, 11) is 1.94. The molecule has 0 spiro atoms. The molecule has 4 aromatic heterocycles. The lowest BCUT2D eigenvalue weighted by molar-refractivity contribution is -0.0415. The molecule has 2 N–H and O–H groups in total. The zero-order valence-electron chi connectivity index (χ0n) is 42.4. The molecule has 3 unspecified atom stereocenters. The number of hydrogen-bond acceptors (Lipinski definition) is 7. The second-order valence-corrected chi connectivity index (χ2v) is 25.3. The molecule has 14 rings (SSSR count). The zero-order chi connectivity index (χ0) is 48.2. The van der Waals surface area contributed by atoms with Gasteiger partial charge in [-0.15, -0.1) is 0 Å². The van der Waals surface area contributed by atoms with Crippen LogP contribution in [-0.2, 0) is 7.05 Å². The van der Waals surface area contributed by atoms with Gasteiger partial charge in [0, 0.05) is 68.1 Å². The molecule has 4 saturated heterocycles. The van der Waals surface area contributed by atoms with Crippen LogP contribution in [0.2, 0.25) is 5.02 Å². The van der Waals surface area contributed by atoms with E-state index in [1.165, 1.54) is 145 Å². The lowest BCUT2D eigenvalue weighted by Gasteiger charge is -2.54. The molecule has 6 aromatic rings. The van der Waals surface area contributed by atoms with Crippen LogP contribution in [0.5, 0.6) is 0 Å². The second kappa shape index (κ2) is 18.7. The van der Waals surface area contributed by atoms with Gasteiger partial charge < -0.3 is 14.1 Å². The molecule has 72 heavy (non-hydrogen) atoms. The predicted molar refractivity (Wildman–Crippen MR) is 285 cm³/mol. The molecular weight excluding hydrogens is 916 g/mol. The Kier molecular flexibility index (Phi) is 12.0. The van der Waals surface area contributed by atoms with Gasteiger partial charge in [-0.05, 0) is 168 Å². The molecule has 0 amide bonds. The van der Waals surface area contributed by atoms with Gasteiger partial charge in [-0.3, -0.25) is 24.3 Å². The van der Waals surface area contributed by atoms with Crippen molar-refractivity contribution in [3.05, 3.63) is 86.2 Å². The SMILES string of the molecule is Cn1cc(Cl)c(-c2nc3ccccc3n2[C@@H]2C[C@H]3CCC[C@H](C2)N([C@@H]2C[C@@H]4CC(c5cccc6c5nc(-c5cc(=O)[nH]c(=O)[nH]5)n6C5C[C@H]6CCC[C@@H](C5)N6C5C[C@H]6CCCC[C@@H](C5)C6)CC[C@@H](C4)C2)C3)n1. The Labute approximate surface area is 428 Å². The monoisotopic (exact) mass is 991 g/mol. The number of imidazole rings is 2. The number of fused-ring (bicyclic) bond motifs is 11. The first-order chi connectivity index (χ1) is 35.2. The maximum Gasteiger partial charge on any atom is 0.326 e. The standard InChI is InChI=1S/C59H75ClN10O2/c1-66-34-49(60)56(65-66)58-61-50-16-4-5-17-52(50)69(58)46-27-38-11-6-12-41(29-46)67(33-38)44-24-37-19-20-40(23-39(22-37)28-44)48-15-8-18-53-55(48)64-57(51-32-54(71)63-59(72)62-51)70(53)47-30-42-13-7-14-43(31-47)68(42)45-25-35-9-2-3-10-36(21-35)26-45/h4-5,8,15-18,32,34-47H,2-3,6-7,9-14,19-31,33H2,1H3,(H2,62,63,71,72)/t35-,36+,37-,38+,39-,40?,41+,42-,43+,44-,45?,46+,47?/m0/s1. The number of aryl methyl sites for hydroxylation is 1. The average molecular weight is 992 g/mol. The summed E-state index contributed by atoms with van der Waals surface area (Å²) in [4.78, 5) is 48.4. The van der Waals surface area contributed by atoms with Gasteiger partial charge in [0.1, 0.15) is 5.69 Å². The summed E-state index contributed by atoms with van der Waals surface area (Å²) in [5.74, 6) is 5.96. The number of piperidine rings is 2. The molecule has 8 heterocycles. The van der Waals surface area contributed by atoms with Gasteiger partial charge in [0.15, 0.2) is 11.6 Å². The first kappa shape index (κ1) is 46.0. The van der Waals surface area contributed by atoms with Gasteiger partial charge in [0.2, 0.25) is 0 Å². The number of H-pyrrole nitrogens is 2. The molecular formula is C59H75ClN10O2. The smallest absolute Gasteiger partial charge is 0.319 e. The van der Waals surface area contributed by atoms with Crippen LogP contribution in [0.1, 0.15) is 171 Å². The van der Waals surface area contributed by atoms with Crippen LogP contribution in [0.15, 0.2) is 64.3 Å². The van der Waals surface area contributed by atoms with Crippen molar-refractivity contribution in [3.8, 4) is 23.0 Å². The number of halogens is 1. The van der Waals surface area contributed by atoms with Crippen molar-refractivity contribution in [2.75, 3.05) is 6.54 Å². The fourth-order valence-electron chi connectivity index (χ4n) is 17.8. The minimum Gasteiger partial charge on any atom is -0.319 e. The van der Waals surface area contributed by atoms with Gasteiger partial charge in [0.25, 0.3) is 5.56 Å². The largest absolute Gasteiger partial charge is 0.326 e. The van der Waals surface area contributed by atoms with Crippen LogP contribution in [0.4, 0.5) is 0 Å². The van der Waals surface area contributed by atoms with E-state index in [-0.39, 0.29) is 11.6 Å². The summed E-state index contributed by atoms with van der Waals surface area (Å²) in [5, 5.41) is 5.50. The Bertz CT molecular complexity index is 3040. The van der Waals surface area contributed by atoms with Crippen molar-refractivity contribution in [1.29, 1.82) is 0 Å². The van der Waals surface area contributed by atoms with E-state index in [1.807, 2.05) is 17.9 Å². The molecule has 8 fully saturated rings. The lowest BCUT2D eigenvalue weighted by atomic mass is 9.73. The van der Waals surface area contributed by atoms with Gasteiger partial charge in [-0.1, -0.05) is 74.4 Å². The number of rotatable bonds is 7. The summed E-state index contributed by atoms with van der Waals surface area (Å²) in [5.41, 5.74) is 6.33. The summed E-state index contributed by atoms with van der Waals surface area (Å²) in [6, 6.07) is 20.8. The topological polar surface area (TPSA) is 126 Å². The molecule has 4 aliphatic heterocycles. The van der Waals surface area contributed by atoms with Crippen molar-refractivity contribution >= 4 is 33.7 Å². The summed E-state index contributed by atoms with van der Waals surface area (Å²) in [6.45, 7) is 1.20. The van der Waals surface area contributed by atoms with Gasteiger partial charge >= 0.3 is 5.69 Å². The van der Waals surface area contributed by atoms with Crippen LogP contribution in [0.25, 0.3) is 45.1 Å². The van der Waals surface area contributed by atoms with Crippen LogP contribution in [0.3, 0.4) is 0 Å². The van der Waals surface area contributed by atoms with E-state index in [1.54, 1.807) is 6.07 Å². The third-order valence-electron chi connectivity index (χ3n) is 20.4. The summed E-state index contributed by atoms with van der Waals surface area (Å²) < 4.78 is 6.85. The molecule has 0 radical (unpaired) electrons. The van der Waals surface area contributed by atoms with Gasteiger partial charge in [0.05, 0.1) is 32.8 Å². The molecule has 4 aliphatic carbocycles. The molecule has 8 aliphatic rings. The van der Waals surface area contributed by atoms with Crippen molar-refractivity contribution < 1.29 is 0 Å². The Morgan fingerprint density at radius 3 is 2.04 bits per heavy atom. The highest BCUT2D eigenvalue weighted by molar-refractivity contribution is 6.32. The van der Waals surface area contributed by atoms with E-state index in [2.05, 4.69) is 71.4 Å². The van der Waals surface area contributed by atoms with Crippen LogP contribution in [0, 0.1) is 29.6 Å². The van der Waals surface area contributed by atoms with Gasteiger partial charge in [-0.25, -0.2) is 14.8 Å². The maximum atomic E-state index is 13.0. The van der Waals surface area contributed by atoms with E-state index in [9.17, 15) is 9.59 Å². The highest BCUT2D eigenvalue weighted by Gasteiger charge is 2.47. The maximum absolute atomic E-state index is 13.0. The predicted octanol–water partition coefficient (Wildman–Crippen LogP) is 12.0.